The number of methoxy groups -OCH3 is 2. The Morgan fingerprint density at radius 2 is 1.69 bits per heavy atom. The van der Waals surface area contributed by atoms with Crippen molar-refractivity contribution in [2.75, 3.05) is 20.0 Å². The number of nitrogens with one attached hydrogen (secondary N) is 1. The van der Waals surface area contributed by atoms with Gasteiger partial charge in [-0.15, -0.1) is 10.2 Å². The number of carbonyl (C=O) groups excluding carboxylic acids is 1. The quantitative estimate of drug-likeness (QED) is 0.352. The highest BCUT2D eigenvalue weighted by Crippen LogP contribution is 2.35. The van der Waals surface area contributed by atoms with E-state index in [1.807, 2.05) is 52.9 Å². The summed E-state index contributed by atoms with van der Waals surface area (Å²) in [6.07, 6.45) is 4.10. The van der Waals surface area contributed by atoms with Crippen molar-refractivity contribution in [3.8, 4) is 11.5 Å². The van der Waals surface area contributed by atoms with E-state index in [4.69, 9.17) is 14.6 Å². The number of amides is 1. The molecule has 4 aromatic rings. The second kappa shape index (κ2) is 10.6. The van der Waals surface area contributed by atoms with Gasteiger partial charge in [-0.25, -0.2) is 5.01 Å². The summed E-state index contributed by atoms with van der Waals surface area (Å²) in [6, 6.07) is 15.2. The Balaban J connectivity index is 1.28. The lowest BCUT2D eigenvalue weighted by Crippen LogP contribution is -2.28. The van der Waals surface area contributed by atoms with E-state index in [1.54, 1.807) is 19.2 Å². The number of ether oxygens (including phenoxy) is 2. The third kappa shape index (κ3) is 4.78. The molecular weight excluding hydrogens is 516 g/mol. The number of nitrogens with zero attached hydrogens (tertiary/aromatic N) is 5. The number of hydrogen-bond donors (Lipinski definition) is 1. The van der Waals surface area contributed by atoms with Gasteiger partial charge < -0.3 is 9.47 Å². The second-order valence-electron chi connectivity index (χ2n) is 9.52. The minimum Gasteiger partial charge on any atom is -0.497 e. The molecule has 1 amide bonds. The van der Waals surface area contributed by atoms with Crippen molar-refractivity contribution in [3.05, 3.63) is 81.3 Å². The number of aromatic nitrogens is 4. The van der Waals surface area contributed by atoms with Crippen LogP contribution in [0.25, 0.3) is 5.78 Å². The number of fused-ring (bicyclic) bond motifs is 3. The van der Waals surface area contributed by atoms with Gasteiger partial charge in [0.05, 0.1) is 31.7 Å². The van der Waals surface area contributed by atoms with Crippen LogP contribution >= 0.6 is 11.8 Å². The van der Waals surface area contributed by atoms with Gasteiger partial charge in [0.15, 0.2) is 5.16 Å². The summed E-state index contributed by atoms with van der Waals surface area (Å²) in [5.41, 5.74) is 4.37. The first-order valence-corrected chi connectivity index (χ1v) is 13.8. The lowest BCUT2D eigenvalue weighted by molar-refractivity contribution is -0.130. The molecule has 39 heavy (non-hydrogen) atoms. The molecule has 1 unspecified atom stereocenters. The van der Waals surface area contributed by atoms with Crippen molar-refractivity contribution < 1.29 is 14.3 Å². The summed E-state index contributed by atoms with van der Waals surface area (Å²) in [5.74, 6) is 1.91. The Bertz CT molecular complexity index is 1610. The lowest BCUT2D eigenvalue weighted by atomic mass is 9.97. The van der Waals surface area contributed by atoms with Crippen molar-refractivity contribution in [3.63, 3.8) is 0 Å². The summed E-state index contributed by atoms with van der Waals surface area (Å²) in [7, 11) is 3.26. The molecule has 0 bridgehead atoms. The van der Waals surface area contributed by atoms with E-state index in [2.05, 4.69) is 15.2 Å². The van der Waals surface area contributed by atoms with Gasteiger partial charge >= 0.3 is 0 Å². The number of thioether (sulfide) groups is 1. The molecule has 2 aliphatic rings. The zero-order valence-corrected chi connectivity index (χ0v) is 22.5. The topological polar surface area (TPSA) is 114 Å². The molecule has 6 rings (SSSR count). The smallest absolute Gasteiger partial charge is 0.255 e. The SMILES string of the molecule is COc1ccc(C2=NN(C(=O)CSc3nnc4[nH]c(=O)c5c(n34)CCCC5)C(c3ccc(OC)cc3)C2)cc1. The molecule has 200 valence electrons. The minimum absolute atomic E-state index is 0.1000. The van der Waals surface area contributed by atoms with Crippen LogP contribution in [0.3, 0.4) is 0 Å². The highest BCUT2D eigenvalue weighted by atomic mass is 32.2. The van der Waals surface area contributed by atoms with Crippen LogP contribution < -0.4 is 15.0 Å². The van der Waals surface area contributed by atoms with Crippen molar-refractivity contribution in [1.82, 2.24) is 24.6 Å². The van der Waals surface area contributed by atoms with E-state index >= 15 is 0 Å². The van der Waals surface area contributed by atoms with Gasteiger partial charge in [0, 0.05) is 17.7 Å². The molecule has 0 saturated heterocycles. The molecule has 2 aromatic carbocycles. The monoisotopic (exact) mass is 544 g/mol. The Hall–Kier alpha value is -4.12. The first kappa shape index (κ1) is 25.2. The lowest BCUT2D eigenvalue weighted by Gasteiger charge is -2.22. The molecule has 0 fully saturated rings. The number of rotatable bonds is 7. The van der Waals surface area contributed by atoms with Crippen LogP contribution in [-0.2, 0) is 17.6 Å². The average molecular weight is 545 g/mol. The third-order valence-corrected chi connectivity index (χ3v) is 8.17. The molecule has 2 aromatic heterocycles. The number of aryl methyl sites for hydroxylation is 1. The molecular formula is C28H28N6O4S. The van der Waals surface area contributed by atoms with Crippen molar-refractivity contribution in [2.24, 2.45) is 5.10 Å². The molecule has 3 heterocycles. The second-order valence-corrected chi connectivity index (χ2v) is 10.5. The predicted molar refractivity (Wildman–Crippen MR) is 148 cm³/mol. The standard InChI is InChI=1S/C28H28N6O4S/c1-37-19-11-7-17(8-12-19)22-15-24(18-9-13-20(38-2)14-10-18)34(32-22)25(35)16-39-28-31-30-27-29-26(36)21-5-3-4-6-23(21)33(27)28/h7-14,24H,3-6,15-16H2,1-2H3,(H,29,30,36). The van der Waals surface area contributed by atoms with Crippen LogP contribution in [0.15, 0.2) is 63.6 Å². The predicted octanol–water partition coefficient (Wildman–Crippen LogP) is 3.78. The maximum Gasteiger partial charge on any atom is 0.255 e. The molecule has 10 nitrogen and oxygen atoms in total. The van der Waals surface area contributed by atoms with Gasteiger partial charge in [-0.05, 0) is 73.2 Å². The van der Waals surface area contributed by atoms with E-state index < -0.39 is 0 Å². The number of hydrogen-bond acceptors (Lipinski definition) is 8. The van der Waals surface area contributed by atoms with Crippen LogP contribution in [0.2, 0.25) is 0 Å². The van der Waals surface area contributed by atoms with E-state index in [1.165, 1.54) is 11.8 Å². The Labute approximate surface area is 229 Å². The fourth-order valence-electron chi connectivity index (χ4n) is 5.22. The Morgan fingerprint density at radius 3 is 2.41 bits per heavy atom. The van der Waals surface area contributed by atoms with Crippen molar-refractivity contribution in [1.29, 1.82) is 0 Å². The minimum atomic E-state index is -0.250. The van der Waals surface area contributed by atoms with Gasteiger partial charge in [-0.1, -0.05) is 23.9 Å². The van der Waals surface area contributed by atoms with Gasteiger partial charge in [0.25, 0.3) is 11.5 Å². The van der Waals surface area contributed by atoms with Crippen LogP contribution in [-0.4, -0.2) is 56.2 Å². The summed E-state index contributed by atoms with van der Waals surface area (Å²) in [6.45, 7) is 0. The fraction of sp³-hybridized carbons (Fsp3) is 0.321. The number of H-pyrrole nitrogens is 1. The first-order chi connectivity index (χ1) is 19.1. The molecule has 11 heteroatoms. The molecule has 0 spiro atoms. The summed E-state index contributed by atoms with van der Waals surface area (Å²) < 4.78 is 12.5. The molecule has 1 N–H and O–H groups in total. The number of carbonyl (C=O) groups is 1. The van der Waals surface area contributed by atoms with Gasteiger partial charge in [-0.2, -0.15) is 5.10 Å². The summed E-state index contributed by atoms with van der Waals surface area (Å²) in [5, 5.41) is 15.4. The zero-order valence-electron chi connectivity index (χ0n) is 21.7. The van der Waals surface area contributed by atoms with Crippen molar-refractivity contribution in [2.45, 2.75) is 43.3 Å². The van der Waals surface area contributed by atoms with E-state index in [-0.39, 0.29) is 23.3 Å². The van der Waals surface area contributed by atoms with E-state index in [0.29, 0.717) is 17.4 Å². The molecule has 0 radical (unpaired) electrons. The van der Waals surface area contributed by atoms with Crippen LogP contribution in [0.5, 0.6) is 11.5 Å². The number of aromatic amines is 1. The van der Waals surface area contributed by atoms with E-state index in [0.717, 1.165) is 65.3 Å². The Morgan fingerprint density at radius 1 is 1.00 bits per heavy atom. The van der Waals surface area contributed by atoms with E-state index in [9.17, 15) is 9.59 Å². The summed E-state index contributed by atoms with van der Waals surface area (Å²) >= 11 is 1.31. The largest absolute Gasteiger partial charge is 0.497 e. The van der Waals surface area contributed by atoms with Gasteiger partial charge in [0.2, 0.25) is 5.78 Å². The van der Waals surface area contributed by atoms with Crippen molar-refractivity contribution >= 4 is 29.2 Å². The zero-order chi connectivity index (χ0) is 26.9. The van der Waals surface area contributed by atoms with Gasteiger partial charge in [-0.3, -0.25) is 19.0 Å². The van der Waals surface area contributed by atoms with Crippen LogP contribution in [0, 0.1) is 0 Å². The first-order valence-electron chi connectivity index (χ1n) is 12.9. The van der Waals surface area contributed by atoms with Gasteiger partial charge in [0.1, 0.15) is 11.5 Å². The van der Waals surface area contributed by atoms with Crippen LogP contribution in [0.1, 0.15) is 47.7 Å². The van der Waals surface area contributed by atoms with Crippen LogP contribution in [0.4, 0.5) is 0 Å². The number of hydrazone groups is 1. The third-order valence-electron chi connectivity index (χ3n) is 7.26. The number of benzene rings is 2. The molecule has 0 saturated carbocycles. The maximum atomic E-state index is 13.6. The molecule has 1 aliphatic carbocycles. The Kier molecular flexibility index (Phi) is 6.82. The highest BCUT2D eigenvalue weighted by molar-refractivity contribution is 7.99. The summed E-state index contributed by atoms with van der Waals surface area (Å²) in [4.78, 5) is 29.0. The average Bonchev–Trinajstić information content (AvgIpc) is 3.61. The highest BCUT2D eigenvalue weighted by Gasteiger charge is 2.33. The maximum absolute atomic E-state index is 13.6. The fourth-order valence-corrected chi connectivity index (χ4v) is 6.03. The molecule has 1 atom stereocenters. The normalized spacial score (nSPS) is 16.7. The molecule has 1 aliphatic heterocycles.